The number of nitrogens with one attached hydrogen (secondary N) is 2. The molecule has 0 aromatic heterocycles. The number of hydrogen-bond donors (Lipinski definition) is 2. The van der Waals surface area contributed by atoms with Gasteiger partial charge in [-0.2, -0.15) is 0 Å². The molecular formula is C17H20F2N2. The first-order chi connectivity index (χ1) is 10.3. The molecule has 21 heavy (non-hydrogen) atoms. The average Bonchev–Trinajstić information content (AvgIpc) is 2.50. The second kappa shape index (κ2) is 8.49. The highest BCUT2D eigenvalue weighted by Crippen LogP contribution is 2.06. The molecule has 0 atom stereocenters. The molecule has 0 fully saturated rings. The molecule has 2 aromatic carbocycles. The Morgan fingerprint density at radius 3 is 1.52 bits per heavy atom. The molecule has 0 amide bonds. The second-order valence-electron chi connectivity index (χ2n) is 4.89. The van der Waals surface area contributed by atoms with Crippen molar-refractivity contribution >= 4 is 0 Å². The van der Waals surface area contributed by atoms with Crippen LogP contribution in [0, 0.1) is 11.6 Å². The smallest absolute Gasteiger partial charge is 0.127 e. The molecule has 0 radical (unpaired) electrons. The Bertz CT molecular complexity index is 508. The van der Waals surface area contributed by atoms with Gasteiger partial charge in [-0.15, -0.1) is 0 Å². The van der Waals surface area contributed by atoms with E-state index in [1.54, 1.807) is 24.3 Å². The fourth-order valence-electron chi connectivity index (χ4n) is 2.07. The molecule has 0 aliphatic carbocycles. The van der Waals surface area contributed by atoms with Crippen molar-refractivity contribution < 1.29 is 8.78 Å². The molecule has 0 saturated carbocycles. The zero-order valence-corrected chi connectivity index (χ0v) is 11.9. The topological polar surface area (TPSA) is 24.1 Å². The minimum atomic E-state index is -0.178. The van der Waals surface area contributed by atoms with E-state index in [2.05, 4.69) is 10.6 Å². The van der Waals surface area contributed by atoms with Gasteiger partial charge in [-0.25, -0.2) is 8.78 Å². The van der Waals surface area contributed by atoms with Crippen molar-refractivity contribution in [2.45, 2.75) is 19.5 Å². The summed E-state index contributed by atoms with van der Waals surface area (Å²) in [6.07, 6.45) is 0.906. The summed E-state index contributed by atoms with van der Waals surface area (Å²) < 4.78 is 26.7. The molecular weight excluding hydrogens is 270 g/mol. The highest BCUT2D eigenvalue weighted by Gasteiger charge is 2.00. The van der Waals surface area contributed by atoms with E-state index >= 15 is 0 Å². The van der Waals surface area contributed by atoms with Gasteiger partial charge in [-0.1, -0.05) is 36.4 Å². The van der Waals surface area contributed by atoms with Crippen LogP contribution >= 0.6 is 0 Å². The van der Waals surface area contributed by atoms with Crippen LogP contribution in [0.3, 0.4) is 0 Å². The Labute approximate surface area is 124 Å². The van der Waals surface area contributed by atoms with Crippen molar-refractivity contribution in [1.82, 2.24) is 10.6 Å². The predicted molar refractivity (Wildman–Crippen MR) is 80.8 cm³/mol. The molecule has 2 rings (SSSR count). The van der Waals surface area contributed by atoms with E-state index in [0.29, 0.717) is 24.2 Å². The number of halogens is 2. The van der Waals surface area contributed by atoms with Gasteiger partial charge in [0.05, 0.1) is 0 Å². The molecule has 2 nitrogen and oxygen atoms in total. The summed E-state index contributed by atoms with van der Waals surface area (Å²) in [7, 11) is 0. The molecule has 0 aliphatic rings. The van der Waals surface area contributed by atoms with Crippen LogP contribution in [-0.2, 0) is 13.1 Å². The molecule has 2 N–H and O–H groups in total. The van der Waals surface area contributed by atoms with Gasteiger partial charge in [-0.3, -0.25) is 0 Å². The Morgan fingerprint density at radius 2 is 1.10 bits per heavy atom. The SMILES string of the molecule is Fc1ccccc1CNCCCNCc1ccccc1F. The van der Waals surface area contributed by atoms with Crippen molar-refractivity contribution in [2.75, 3.05) is 13.1 Å². The Kier molecular flexibility index (Phi) is 6.31. The molecule has 112 valence electrons. The van der Waals surface area contributed by atoms with E-state index in [0.717, 1.165) is 19.5 Å². The molecule has 0 aliphatic heterocycles. The maximum absolute atomic E-state index is 13.4. The van der Waals surface area contributed by atoms with E-state index < -0.39 is 0 Å². The van der Waals surface area contributed by atoms with E-state index in [-0.39, 0.29) is 11.6 Å². The van der Waals surface area contributed by atoms with Gasteiger partial charge < -0.3 is 10.6 Å². The lowest BCUT2D eigenvalue weighted by Crippen LogP contribution is -2.22. The van der Waals surface area contributed by atoms with E-state index in [1.807, 2.05) is 12.1 Å². The van der Waals surface area contributed by atoms with E-state index in [9.17, 15) is 8.78 Å². The summed E-state index contributed by atoms with van der Waals surface area (Å²) in [6, 6.07) is 13.5. The maximum atomic E-state index is 13.4. The van der Waals surface area contributed by atoms with Gasteiger partial charge in [0.2, 0.25) is 0 Å². The normalized spacial score (nSPS) is 10.8. The monoisotopic (exact) mass is 290 g/mol. The van der Waals surface area contributed by atoms with Crippen LogP contribution in [0.2, 0.25) is 0 Å². The second-order valence-corrected chi connectivity index (χ2v) is 4.89. The van der Waals surface area contributed by atoms with Gasteiger partial charge in [0.15, 0.2) is 0 Å². The van der Waals surface area contributed by atoms with Crippen LogP contribution in [0.1, 0.15) is 17.5 Å². The van der Waals surface area contributed by atoms with Crippen molar-refractivity contribution in [2.24, 2.45) is 0 Å². The number of hydrogen-bond acceptors (Lipinski definition) is 2. The maximum Gasteiger partial charge on any atom is 0.127 e. The van der Waals surface area contributed by atoms with Gasteiger partial charge >= 0.3 is 0 Å². The van der Waals surface area contributed by atoms with Crippen LogP contribution in [0.4, 0.5) is 8.78 Å². The zero-order chi connectivity index (χ0) is 14.9. The quantitative estimate of drug-likeness (QED) is 0.729. The molecule has 0 saturated heterocycles. The van der Waals surface area contributed by atoms with Crippen molar-refractivity contribution in [3.63, 3.8) is 0 Å². The van der Waals surface area contributed by atoms with Crippen LogP contribution in [0.5, 0.6) is 0 Å². The Hall–Kier alpha value is -1.78. The lowest BCUT2D eigenvalue weighted by Gasteiger charge is -2.07. The average molecular weight is 290 g/mol. The first-order valence-corrected chi connectivity index (χ1v) is 7.15. The molecule has 4 heteroatoms. The minimum Gasteiger partial charge on any atom is -0.313 e. The lowest BCUT2D eigenvalue weighted by atomic mass is 10.2. The third-order valence-corrected chi connectivity index (χ3v) is 3.25. The minimum absolute atomic E-state index is 0.178. The van der Waals surface area contributed by atoms with E-state index in [1.165, 1.54) is 12.1 Å². The number of benzene rings is 2. The molecule has 0 unspecified atom stereocenters. The summed E-state index contributed by atoms with van der Waals surface area (Å²) >= 11 is 0. The summed E-state index contributed by atoms with van der Waals surface area (Å²) in [5, 5.41) is 6.40. The largest absolute Gasteiger partial charge is 0.313 e. The standard InChI is InChI=1S/C17H20F2N2/c18-16-8-3-1-6-14(16)12-20-10-5-11-21-13-15-7-2-4-9-17(15)19/h1-4,6-9,20-21H,5,10-13H2. The molecule has 2 aromatic rings. The van der Waals surface area contributed by atoms with Gasteiger partial charge in [-0.05, 0) is 31.6 Å². The summed E-state index contributed by atoms with van der Waals surface area (Å²) in [4.78, 5) is 0. The first kappa shape index (κ1) is 15.6. The Balaban J connectivity index is 1.57. The van der Waals surface area contributed by atoms with Gasteiger partial charge in [0, 0.05) is 24.2 Å². The van der Waals surface area contributed by atoms with Crippen LogP contribution in [0.25, 0.3) is 0 Å². The molecule has 0 spiro atoms. The van der Waals surface area contributed by atoms with Crippen molar-refractivity contribution in [3.05, 3.63) is 71.3 Å². The van der Waals surface area contributed by atoms with E-state index in [4.69, 9.17) is 0 Å². The highest BCUT2D eigenvalue weighted by atomic mass is 19.1. The van der Waals surface area contributed by atoms with Gasteiger partial charge in [0.1, 0.15) is 11.6 Å². The predicted octanol–water partition coefficient (Wildman–Crippen LogP) is 3.23. The van der Waals surface area contributed by atoms with Crippen molar-refractivity contribution in [1.29, 1.82) is 0 Å². The molecule has 0 heterocycles. The molecule has 0 bridgehead atoms. The first-order valence-electron chi connectivity index (χ1n) is 7.15. The van der Waals surface area contributed by atoms with Crippen molar-refractivity contribution in [3.8, 4) is 0 Å². The van der Waals surface area contributed by atoms with Crippen LogP contribution in [-0.4, -0.2) is 13.1 Å². The summed E-state index contributed by atoms with van der Waals surface area (Å²) in [5.74, 6) is -0.356. The van der Waals surface area contributed by atoms with Crippen LogP contribution < -0.4 is 10.6 Å². The fourth-order valence-corrected chi connectivity index (χ4v) is 2.07. The zero-order valence-electron chi connectivity index (χ0n) is 11.9. The van der Waals surface area contributed by atoms with Gasteiger partial charge in [0.25, 0.3) is 0 Å². The third kappa shape index (κ3) is 5.25. The van der Waals surface area contributed by atoms with Crippen LogP contribution in [0.15, 0.2) is 48.5 Å². The Morgan fingerprint density at radius 1 is 0.667 bits per heavy atom. The summed E-state index contributed by atoms with van der Waals surface area (Å²) in [6.45, 7) is 2.64. The summed E-state index contributed by atoms with van der Waals surface area (Å²) in [5.41, 5.74) is 1.36. The fraction of sp³-hybridized carbons (Fsp3) is 0.294. The lowest BCUT2D eigenvalue weighted by molar-refractivity contribution is 0.557. The highest BCUT2D eigenvalue weighted by molar-refractivity contribution is 5.17. The third-order valence-electron chi connectivity index (χ3n) is 3.25. The number of rotatable bonds is 8.